The molecule has 0 atom stereocenters. The summed E-state index contributed by atoms with van der Waals surface area (Å²) in [6.45, 7) is 1.95. The molecule has 7 nitrogen and oxygen atoms in total. The number of amides is 2. The topological polar surface area (TPSA) is 95.6 Å². The van der Waals surface area contributed by atoms with Gasteiger partial charge in [0.05, 0.1) is 4.90 Å². The van der Waals surface area contributed by atoms with Crippen LogP contribution in [0, 0.1) is 0 Å². The maximum Gasteiger partial charge on any atom is 0.251 e. The van der Waals surface area contributed by atoms with E-state index < -0.39 is 15.9 Å². The molecule has 2 aromatic carbocycles. The lowest BCUT2D eigenvalue weighted by Gasteiger charge is -2.26. The molecule has 1 aliphatic heterocycles. The summed E-state index contributed by atoms with van der Waals surface area (Å²) in [4.78, 5) is 26.4. The van der Waals surface area contributed by atoms with Gasteiger partial charge in [-0.25, -0.2) is 13.1 Å². The fraction of sp³-hybridized carbons (Fsp3) is 0.364. The molecule has 0 radical (unpaired) electrons. The van der Waals surface area contributed by atoms with E-state index in [4.69, 9.17) is 0 Å². The zero-order chi connectivity index (χ0) is 21.4. The highest BCUT2D eigenvalue weighted by Gasteiger charge is 2.18. The molecular formula is C22H27N3O4S. The van der Waals surface area contributed by atoms with Gasteiger partial charge in [-0.3, -0.25) is 9.59 Å². The van der Waals surface area contributed by atoms with Crippen LogP contribution in [0.3, 0.4) is 0 Å². The highest BCUT2D eigenvalue weighted by molar-refractivity contribution is 7.89. The number of likely N-dealkylation sites (tertiary alicyclic amines) is 1. The molecule has 2 aromatic rings. The van der Waals surface area contributed by atoms with Gasteiger partial charge in [0.1, 0.15) is 0 Å². The van der Waals surface area contributed by atoms with Crippen LogP contribution in [-0.4, -0.2) is 44.8 Å². The molecule has 160 valence electrons. The molecule has 30 heavy (non-hydrogen) atoms. The van der Waals surface area contributed by atoms with Gasteiger partial charge < -0.3 is 10.2 Å². The molecule has 3 rings (SSSR count). The number of carbonyl (C=O) groups excluding carboxylic acids is 2. The molecule has 0 bridgehead atoms. The van der Waals surface area contributed by atoms with Crippen LogP contribution in [0.25, 0.3) is 0 Å². The first-order valence-corrected chi connectivity index (χ1v) is 11.6. The van der Waals surface area contributed by atoms with Crippen molar-refractivity contribution in [1.29, 1.82) is 0 Å². The number of sulfonamides is 1. The van der Waals surface area contributed by atoms with Crippen molar-refractivity contribution in [3.63, 3.8) is 0 Å². The zero-order valence-corrected chi connectivity index (χ0v) is 17.7. The van der Waals surface area contributed by atoms with Crippen LogP contribution in [0.1, 0.15) is 41.6 Å². The van der Waals surface area contributed by atoms with Gasteiger partial charge in [0.2, 0.25) is 15.9 Å². The third-order valence-corrected chi connectivity index (χ3v) is 6.45. The average Bonchev–Trinajstić information content (AvgIpc) is 2.79. The van der Waals surface area contributed by atoms with E-state index in [1.807, 2.05) is 35.2 Å². The van der Waals surface area contributed by atoms with E-state index in [2.05, 4.69) is 10.0 Å². The van der Waals surface area contributed by atoms with Crippen LogP contribution in [-0.2, 0) is 21.4 Å². The molecular weight excluding hydrogens is 402 g/mol. The van der Waals surface area contributed by atoms with Gasteiger partial charge in [-0.1, -0.05) is 36.4 Å². The molecule has 1 heterocycles. The molecule has 0 aliphatic carbocycles. The lowest BCUT2D eigenvalue weighted by atomic mass is 10.1. The van der Waals surface area contributed by atoms with Crippen molar-refractivity contribution < 1.29 is 18.0 Å². The van der Waals surface area contributed by atoms with Crippen LogP contribution in [0.2, 0.25) is 0 Å². The minimum absolute atomic E-state index is 0.0236. The minimum atomic E-state index is -3.75. The van der Waals surface area contributed by atoms with Gasteiger partial charge in [0.15, 0.2) is 0 Å². The summed E-state index contributed by atoms with van der Waals surface area (Å²) in [6, 6.07) is 15.1. The van der Waals surface area contributed by atoms with Gasteiger partial charge in [0, 0.05) is 38.2 Å². The second kappa shape index (κ2) is 10.4. The van der Waals surface area contributed by atoms with Crippen LogP contribution in [0.4, 0.5) is 0 Å². The molecule has 0 aromatic heterocycles. The SMILES string of the molecule is O=C(NCCC(=O)N1CCCCC1)c1cccc(S(=O)(=O)NCc2ccccc2)c1. The number of carbonyl (C=O) groups is 2. The Morgan fingerprint density at radius 3 is 2.40 bits per heavy atom. The van der Waals surface area contributed by atoms with Gasteiger partial charge >= 0.3 is 0 Å². The standard InChI is InChI=1S/C22H27N3O4S/c26-21(25-14-5-2-6-15-25)12-13-23-22(27)19-10-7-11-20(16-19)30(28,29)24-17-18-8-3-1-4-9-18/h1,3-4,7-11,16,24H,2,5-6,12-15,17H2,(H,23,27). The molecule has 1 aliphatic rings. The van der Waals surface area contributed by atoms with E-state index >= 15 is 0 Å². The van der Waals surface area contributed by atoms with Crippen molar-refractivity contribution in [2.75, 3.05) is 19.6 Å². The second-order valence-electron chi connectivity index (χ2n) is 7.29. The highest BCUT2D eigenvalue weighted by atomic mass is 32.2. The summed E-state index contributed by atoms with van der Waals surface area (Å²) in [6.07, 6.45) is 3.44. The number of hydrogen-bond donors (Lipinski definition) is 2. The average molecular weight is 430 g/mol. The Labute approximate surface area is 177 Å². The maximum absolute atomic E-state index is 12.6. The number of benzene rings is 2. The fourth-order valence-corrected chi connectivity index (χ4v) is 4.41. The number of nitrogens with one attached hydrogen (secondary N) is 2. The van der Waals surface area contributed by atoms with Gasteiger partial charge in [-0.15, -0.1) is 0 Å². The zero-order valence-electron chi connectivity index (χ0n) is 16.8. The molecule has 8 heteroatoms. The number of rotatable bonds is 8. The number of piperidine rings is 1. The first kappa shape index (κ1) is 22.0. The summed E-state index contributed by atoms with van der Waals surface area (Å²) >= 11 is 0. The summed E-state index contributed by atoms with van der Waals surface area (Å²) in [7, 11) is -3.75. The van der Waals surface area contributed by atoms with Crippen molar-refractivity contribution in [3.05, 3.63) is 65.7 Å². The van der Waals surface area contributed by atoms with Gasteiger partial charge in [-0.05, 0) is 43.0 Å². The third kappa shape index (κ3) is 6.14. The number of hydrogen-bond acceptors (Lipinski definition) is 4. The minimum Gasteiger partial charge on any atom is -0.352 e. The Balaban J connectivity index is 1.54. The first-order chi connectivity index (χ1) is 14.5. The van der Waals surface area contributed by atoms with Crippen molar-refractivity contribution in [1.82, 2.24) is 14.9 Å². The third-order valence-electron chi connectivity index (χ3n) is 5.05. The molecule has 2 amide bonds. The van der Waals surface area contributed by atoms with Crippen molar-refractivity contribution in [2.24, 2.45) is 0 Å². The van der Waals surface area contributed by atoms with Crippen LogP contribution in [0.15, 0.2) is 59.5 Å². The molecule has 1 saturated heterocycles. The molecule has 0 unspecified atom stereocenters. The smallest absolute Gasteiger partial charge is 0.251 e. The van der Waals surface area contributed by atoms with Gasteiger partial charge in [-0.2, -0.15) is 0 Å². The summed E-state index contributed by atoms with van der Waals surface area (Å²) in [5.74, 6) is -0.363. The molecule has 1 fully saturated rings. The van der Waals surface area contributed by atoms with Crippen molar-refractivity contribution in [3.8, 4) is 0 Å². The summed E-state index contributed by atoms with van der Waals surface area (Å²) in [5, 5.41) is 2.70. The van der Waals surface area contributed by atoms with E-state index in [9.17, 15) is 18.0 Å². The molecule has 0 spiro atoms. The second-order valence-corrected chi connectivity index (χ2v) is 9.05. The first-order valence-electron chi connectivity index (χ1n) is 10.2. The Morgan fingerprint density at radius 2 is 1.67 bits per heavy atom. The van der Waals surface area contributed by atoms with Gasteiger partial charge in [0.25, 0.3) is 5.91 Å². The Morgan fingerprint density at radius 1 is 0.933 bits per heavy atom. The van der Waals surface area contributed by atoms with Crippen LogP contribution in [0.5, 0.6) is 0 Å². The lowest BCUT2D eigenvalue weighted by molar-refractivity contribution is -0.131. The predicted octanol–water partition coefficient (Wildman–Crippen LogP) is 2.30. The quantitative estimate of drug-likeness (QED) is 0.673. The predicted molar refractivity (Wildman–Crippen MR) is 114 cm³/mol. The van der Waals surface area contributed by atoms with Crippen molar-refractivity contribution >= 4 is 21.8 Å². The van der Waals surface area contributed by atoms with Crippen molar-refractivity contribution in [2.45, 2.75) is 37.1 Å². The fourth-order valence-electron chi connectivity index (χ4n) is 3.35. The van der Waals surface area contributed by atoms with E-state index in [1.54, 1.807) is 6.07 Å². The van der Waals surface area contributed by atoms with E-state index in [1.165, 1.54) is 18.2 Å². The monoisotopic (exact) mass is 429 g/mol. The van der Waals surface area contributed by atoms with Crippen LogP contribution >= 0.6 is 0 Å². The summed E-state index contributed by atoms with van der Waals surface area (Å²) in [5.41, 5.74) is 1.08. The van der Waals surface area contributed by atoms with Crippen LogP contribution < -0.4 is 10.0 Å². The molecule has 0 saturated carbocycles. The Bertz CT molecular complexity index is 971. The number of nitrogens with zero attached hydrogens (tertiary/aromatic N) is 1. The Kier molecular flexibility index (Phi) is 7.59. The largest absolute Gasteiger partial charge is 0.352 e. The van der Waals surface area contributed by atoms with E-state index in [-0.39, 0.29) is 35.9 Å². The Hall–Kier alpha value is -2.71. The lowest BCUT2D eigenvalue weighted by Crippen LogP contribution is -2.37. The normalized spacial score (nSPS) is 14.3. The molecule has 2 N–H and O–H groups in total. The van der Waals surface area contributed by atoms with E-state index in [0.717, 1.165) is 37.9 Å². The highest BCUT2D eigenvalue weighted by Crippen LogP contribution is 2.13. The van der Waals surface area contributed by atoms with E-state index in [0.29, 0.717) is 0 Å². The maximum atomic E-state index is 12.6. The summed E-state index contributed by atoms with van der Waals surface area (Å²) < 4.78 is 27.7.